The fourth-order valence-electron chi connectivity index (χ4n) is 3.54. The van der Waals surface area contributed by atoms with E-state index in [1.165, 1.54) is 10.9 Å². The predicted molar refractivity (Wildman–Crippen MR) is 111 cm³/mol. The molecule has 0 amide bonds. The van der Waals surface area contributed by atoms with Gasteiger partial charge in [-0.25, -0.2) is 32.0 Å². The normalized spacial score (nSPS) is 15.0. The van der Waals surface area contributed by atoms with Crippen LogP contribution >= 0.6 is 0 Å². The molecule has 1 saturated carbocycles. The molecule has 1 aliphatic rings. The van der Waals surface area contributed by atoms with Crippen molar-refractivity contribution in [3.8, 4) is 0 Å². The first-order chi connectivity index (χ1) is 15.7. The summed E-state index contributed by atoms with van der Waals surface area (Å²) in [6.07, 6.45) is 6.56. The number of methoxy groups -OCH3 is 1. The Bertz CT molecular complexity index is 1320. The second-order valence-corrected chi connectivity index (χ2v) is 9.45. The van der Waals surface area contributed by atoms with E-state index in [1.54, 1.807) is 16.7 Å². The average Bonchev–Trinajstić information content (AvgIpc) is 3.38. The molecule has 33 heavy (non-hydrogen) atoms. The number of pyridine rings is 1. The number of nitrogens with one attached hydrogen (secondary N) is 1. The highest BCUT2D eigenvalue weighted by molar-refractivity contribution is 7.90. The third kappa shape index (κ3) is 4.71. The molecule has 1 aliphatic carbocycles. The summed E-state index contributed by atoms with van der Waals surface area (Å²) in [6.45, 7) is -1.35. The van der Waals surface area contributed by atoms with Crippen LogP contribution in [0.3, 0.4) is 0 Å². The van der Waals surface area contributed by atoms with Gasteiger partial charge in [-0.15, -0.1) is 5.10 Å². The maximum atomic E-state index is 12.9. The summed E-state index contributed by atoms with van der Waals surface area (Å²) in [4.78, 5) is 28.1. The number of imidazole rings is 1. The van der Waals surface area contributed by atoms with Crippen LogP contribution in [-0.4, -0.2) is 70.2 Å². The first kappa shape index (κ1) is 22.8. The third-order valence-corrected chi connectivity index (χ3v) is 6.86. The number of esters is 1. The SMILES string of the molecule is COC(=O)C(c1cc(C2CC2)cn2cc(Cn3cc(C(=O)O)nn3)nc12)S(=O)(=O)NCCF. The van der Waals surface area contributed by atoms with E-state index in [2.05, 4.69) is 20.0 Å². The summed E-state index contributed by atoms with van der Waals surface area (Å²) in [5.41, 5.74) is 1.35. The van der Waals surface area contributed by atoms with Gasteiger partial charge < -0.3 is 14.2 Å². The minimum Gasteiger partial charge on any atom is -0.476 e. The molecule has 12 nitrogen and oxygen atoms in total. The van der Waals surface area contributed by atoms with Crippen molar-refractivity contribution in [2.45, 2.75) is 30.6 Å². The van der Waals surface area contributed by atoms with Crippen molar-refractivity contribution in [3.05, 3.63) is 47.2 Å². The number of carboxylic acids is 1. The van der Waals surface area contributed by atoms with E-state index >= 15 is 0 Å². The number of nitrogens with zero attached hydrogens (tertiary/aromatic N) is 5. The zero-order valence-electron chi connectivity index (χ0n) is 17.5. The van der Waals surface area contributed by atoms with Crippen LogP contribution in [0.15, 0.2) is 24.7 Å². The van der Waals surface area contributed by atoms with Crippen LogP contribution in [0.2, 0.25) is 0 Å². The van der Waals surface area contributed by atoms with Gasteiger partial charge in [-0.1, -0.05) is 5.21 Å². The van der Waals surface area contributed by atoms with Crippen molar-refractivity contribution >= 4 is 27.6 Å². The molecule has 0 radical (unpaired) electrons. The first-order valence-corrected chi connectivity index (χ1v) is 11.5. The lowest BCUT2D eigenvalue weighted by atomic mass is 10.1. The number of fused-ring (bicyclic) bond motifs is 1. The van der Waals surface area contributed by atoms with Crippen LogP contribution in [0.1, 0.15) is 51.3 Å². The zero-order chi connectivity index (χ0) is 23.8. The zero-order valence-corrected chi connectivity index (χ0v) is 18.3. The van der Waals surface area contributed by atoms with Gasteiger partial charge in [-0.3, -0.25) is 4.79 Å². The summed E-state index contributed by atoms with van der Waals surface area (Å²) in [6, 6.07) is 1.62. The van der Waals surface area contributed by atoms with E-state index in [0.29, 0.717) is 5.69 Å². The minimum absolute atomic E-state index is 0.0654. The van der Waals surface area contributed by atoms with Gasteiger partial charge in [-0.05, 0) is 30.4 Å². The highest BCUT2D eigenvalue weighted by atomic mass is 32.2. The van der Waals surface area contributed by atoms with Crippen molar-refractivity contribution < 1.29 is 32.2 Å². The topological polar surface area (TPSA) is 158 Å². The van der Waals surface area contributed by atoms with Crippen LogP contribution in [0.5, 0.6) is 0 Å². The molecular formula is C19H21FN6O6S. The van der Waals surface area contributed by atoms with Crippen molar-refractivity contribution in [1.82, 2.24) is 29.1 Å². The predicted octanol–water partition coefficient (Wildman–Crippen LogP) is 0.653. The number of carbonyl (C=O) groups is 2. The Morgan fingerprint density at radius 1 is 1.33 bits per heavy atom. The summed E-state index contributed by atoms with van der Waals surface area (Å²) in [7, 11) is -3.26. The summed E-state index contributed by atoms with van der Waals surface area (Å²) in [5.74, 6) is -2.02. The van der Waals surface area contributed by atoms with Crippen molar-refractivity contribution in [3.63, 3.8) is 0 Å². The molecule has 0 saturated heterocycles. The molecule has 4 rings (SSSR count). The van der Waals surface area contributed by atoms with Crippen LogP contribution in [0.4, 0.5) is 4.39 Å². The maximum absolute atomic E-state index is 12.9. The van der Waals surface area contributed by atoms with Crippen molar-refractivity contribution in [1.29, 1.82) is 0 Å². The summed E-state index contributed by atoms with van der Waals surface area (Å²) >= 11 is 0. The molecule has 0 bridgehead atoms. The van der Waals surface area contributed by atoms with Gasteiger partial charge in [0.05, 0.1) is 25.5 Å². The van der Waals surface area contributed by atoms with Crippen molar-refractivity contribution in [2.24, 2.45) is 0 Å². The van der Waals surface area contributed by atoms with E-state index in [9.17, 15) is 22.4 Å². The standard InChI is InChI=1S/C19H21FN6O6S/c1-32-19(29)16(33(30,31)21-5-4-20)14-6-12(11-2-3-11)7-25-8-13(22-17(14)25)9-26-10-15(18(27)28)23-24-26/h6-8,10-11,16,21H,2-5,9H2,1H3,(H,27,28). The maximum Gasteiger partial charge on any atom is 0.358 e. The molecule has 0 spiro atoms. The molecule has 0 aromatic carbocycles. The fourth-order valence-corrected chi connectivity index (χ4v) is 4.92. The van der Waals surface area contributed by atoms with Crippen LogP contribution in [0.25, 0.3) is 5.65 Å². The summed E-state index contributed by atoms with van der Waals surface area (Å²) < 4.78 is 48.2. The molecule has 0 aliphatic heterocycles. The third-order valence-electron chi connectivity index (χ3n) is 5.19. The Labute approximate surface area is 187 Å². The molecular weight excluding hydrogens is 459 g/mol. The van der Waals surface area contributed by atoms with E-state index in [0.717, 1.165) is 25.5 Å². The van der Waals surface area contributed by atoms with E-state index < -0.39 is 40.4 Å². The van der Waals surface area contributed by atoms with E-state index in [1.807, 2.05) is 6.20 Å². The molecule has 14 heteroatoms. The first-order valence-electron chi connectivity index (χ1n) is 10.0. The molecule has 176 valence electrons. The number of ether oxygens (including phenoxy) is 1. The Balaban J connectivity index is 1.81. The van der Waals surface area contributed by atoms with Gasteiger partial charge in [0.2, 0.25) is 15.3 Å². The Kier molecular flexibility index (Phi) is 6.12. The highest BCUT2D eigenvalue weighted by Gasteiger charge is 2.38. The lowest BCUT2D eigenvalue weighted by Crippen LogP contribution is -2.35. The molecule has 3 heterocycles. The van der Waals surface area contributed by atoms with Gasteiger partial charge in [0.15, 0.2) is 5.69 Å². The van der Waals surface area contributed by atoms with Crippen molar-refractivity contribution in [2.75, 3.05) is 20.3 Å². The number of hydrogen-bond donors (Lipinski definition) is 2. The van der Waals surface area contributed by atoms with Gasteiger partial charge in [0.25, 0.3) is 0 Å². The quantitative estimate of drug-likeness (QED) is 0.398. The van der Waals surface area contributed by atoms with E-state index in [-0.39, 0.29) is 29.4 Å². The number of halogens is 1. The Hall–Kier alpha value is -3.39. The molecule has 3 aromatic heterocycles. The number of carboxylic acid groups (broad SMARTS) is 1. The molecule has 1 fully saturated rings. The lowest BCUT2D eigenvalue weighted by molar-refractivity contribution is -0.140. The van der Waals surface area contributed by atoms with Crippen LogP contribution in [0, 0.1) is 0 Å². The molecule has 3 aromatic rings. The Morgan fingerprint density at radius 3 is 2.70 bits per heavy atom. The second-order valence-electron chi connectivity index (χ2n) is 7.60. The number of hydrogen-bond acceptors (Lipinski definition) is 8. The average molecular weight is 480 g/mol. The summed E-state index contributed by atoms with van der Waals surface area (Å²) in [5, 5.41) is 14.6. The lowest BCUT2D eigenvalue weighted by Gasteiger charge is -2.18. The monoisotopic (exact) mass is 480 g/mol. The smallest absolute Gasteiger partial charge is 0.358 e. The number of carbonyl (C=O) groups excluding carboxylic acids is 1. The second kappa shape index (κ2) is 8.86. The fraction of sp³-hybridized carbons (Fsp3) is 0.421. The van der Waals surface area contributed by atoms with Crippen LogP contribution < -0.4 is 4.72 Å². The van der Waals surface area contributed by atoms with Gasteiger partial charge >= 0.3 is 11.9 Å². The van der Waals surface area contributed by atoms with Crippen LogP contribution in [-0.2, 0) is 26.1 Å². The van der Waals surface area contributed by atoms with Gasteiger partial charge in [0, 0.05) is 24.5 Å². The molecule has 1 unspecified atom stereocenters. The molecule has 1 atom stereocenters. The van der Waals surface area contributed by atoms with E-state index in [4.69, 9.17) is 9.84 Å². The van der Waals surface area contributed by atoms with Gasteiger partial charge in [-0.2, -0.15) is 0 Å². The number of aromatic nitrogens is 5. The number of sulfonamides is 1. The number of aromatic carboxylic acids is 1. The Morgan fingerprint density at radius 2 is 2.09 bits per heavy atom. The minimum atomic E-state index is -4.33. The van der Waals surface area contributed by atoms with Gasteiger partial charge in [0.1, 0.15) is 12.3 Å². The number of alkyl halides is 1. The highest BCUT2D eigenvalue weighted by Crippen LogP contribution is 2.42. The molecule has 2 N–H and O–H groups in total. The largest absolute Gasteiger partial charge is 0.476 e. The number of rotatable bonds is 10.